The summed E-state index contributed by atoms with van der Waals surface area (Å²) in [5.74, 6) is -0.613. The first kappa shape index (κ1) is 24.4. The molecular weight excluding hydrogens is 533 g/mol. The monoisotopic (exact) mass is 562 g/mol. The largest absolute Gasteiger partial charge is 0.433 e. The van der Waals surface area contributed by atoms with Gasteiger partial charge in [-0.2, -0.15) is 18.3 Å². The van der Waals surface area contributed by atoms with Crippen LogP contribution in [0.25, 0.3) is 10.9 Å². The van der Waals surface area contributed by atoms with Gasteiger partial charge in [0.2, 0.25) is 0 Å². The van der Waals surface area contributed by atoms with Gasteiger partial charge in [0.1, 0.15) is 5.69 Å². The fourth-order valence-corrected chi connectivity index (χ4v) is 5.34. The average molecular weight is 563 g/mol. The smallest absolute Gasteiger partial charge is 0.394 e. The zero-order valence-corrected chi connectivity index (χ0v) is 21.6. The Hall–Kier alpha value is -3.64. The number of nitrogens with one attached hydrogen (secondary N) is 1. The van der Waals surface area contributed by atoms with E-state index in [-0.39, 0.29) is 27.9 Å². The molecule has 5 rings (SSSR count). The SMILES string of the molecule is [2H]C([2H])(c1cc2cc(C(=O)NC(CO)c3ccc(S(=O)(=O)CC)cc3)ccc2n1C1CC1)n1nccc1C(F)(F)F. The van der Waals surface area contributed by atoms with Crippen LogP contribution in [-0.4, -0.2) is 46.1 Å². The van der Waals surface area contributed by atoms with Crippen molar-refractivity contribution < 1.29 is 34.2 Å². The minimum atomic E-state index is -4.81. The number of alkyl halides is 3. The molecule has 206 valence electrons. The standard InChI is InChI=1S/C27H27F3N4O4S/c1-2-39(37,38)22-8-3-17(4-9-22)23(16-35)32-26(36)18-5-10-24-19(13-18)14-21(34(24)20-6-7-20)15-33-25(11-12-31-33)27(28,29)30/h3-5,8-14,20,23,35H,2,6-7,15-16H2,1H3,(H,32,36)/i15D2. The molecule has 2 heterocycles. The van der Waals surface area contributed by atoms with Crippen LogP contribution < -0.4 is 5.32 Å². The Morgan fingerprint density at radius 2 is 1.90 bits per heavy atom. The number of carbonyl (C=O) groups is 1. The molecule has 0 bridgehead atoms. The predicted molar refractivity (Wildman–Crippen MR) is 138 cm³/mol. The van der Waals surface area contributed by atoms with Gasteiger partial charge in [-0.05, 0) is 60.9 Å². The van der Waals surface area contributed by atoms with Crippen LogP contribution in [0.3, 0.4) is 0 Å². The summed E-state index contributed by atoms with van der Waals surface area (Å²) in [6, 6.07) is 11.7. The molecule has 2 N–H and O–H groups in total. The molecule has 0 saturated heterocycles. The van der Waals surface area contributed by atoms with E-state index < -0.39 is 46.8 Å². The summed E-state index contributed by atoms with van der Waals surface area (Å²) in [6.07, 6.45) is -2.44. The van der Waals surface area contributed by atoms with Crippen molar-refractivity contribution >= 4 is 26.6 Å². The minimum absolute atomic E-state index is 0.0166. The maximum Gasteiger partial charge on any atom is 0.433 e. The molecule has 1 unspecified atom stereocenters. The molecule has 2 aromatic carbocycles. The molecule has 1 atom stereocenters. The van der Waals surface area contributed by atoms with Gasteiger partial charge in [-0.15, -0.1) is 0 Å². The van der Waals surface area contributed by atoms with Crippen molar-refractivity contribution in [3.8, 4) is 0 Å². The van der Waals surface area contributed by atoms with E-state index in [4.69, 9.17) is 2.74 Å². The number of carbonyl (C=O) groups excluding carboxylic acids is 1. The third-order valence-electron chi connectivity index (χ3n) is 6.68. The predicted octanol–water partition coefficient (Wildman–Crippen LogP) is 4.50. The maximum atomic E-state index is 13.6. The Labute approximate surface area is 225 Å². The van der Waals surface area contributed by atoms with Crippen molar-refractivity contribution in [2.45, 2.75) is 49.4 Å². The highest BCUT2D eigenvalue weighted by Gasteiger charge is 2.35. The van der Waals surface area contributed by atoms with Gasteiger partial charge >= 0.3 is 6.18 Å². The summed E-state index contributed by atoms with van der Waals surface area (Å²) in [4.78, 5) is 13.3. The van der Waals surface area contributed by atoms with E-state index in [1.807, 2.05) is 0 Å². The first-order chi connectivity index (χ1) is 19.3. The van der Waals surface area contributed by atoms with Crippen molar-refractivity contribution in [2.75, 3.05) is 12.4 Å². The summed E-state index contributed by atoms with van der Waals surface area (Å²) < 4.78 is 84.2. The first-order valence-corrected chi connectivity index (χ1v) is 13.9. The van der Waals surface area contributed by atoms with Crippen molar-refractivity contribution in [1.82, 2.24) is 19.7 Å². The van der Waals surface area contributed by atoms with Crippen LogP contribution in [-0.2, 0) is 22.5 Å². The normalized spacial score (nSPS) is 16.1. The fraction of sp³-hybridized carbons (Fsp3) is 0.333. The molecule has 12 heteroatoms. The van der Waals surface area contributed by atoms with Crippen LogP contribution in [0.2, 0.25) is 0 Å². The quantitative estimate of drug-likeness (QED) is 0.313. The number of hydrogen-bond acceptors (Lipinski definition) is 5. The highest BCUT2D eigenvalue weighted by Crippen LogP contribution is 2.40. The average Bonchev–Trinajstić information content (AvgIpc) is 3.48. The van der Waals surface area contributed by atoms with Crippen molar-refractivity contribution in [2.24, 2.45) is 0 Å². The fourth-order valence-electron chi connectivity index (χ4n) is 4.46. The molecule has 39 heavy (non-hydrogen) atoms. The van der Waals surface area contributed by atoms with Gasteiger partial charge in [-0.3, -0.25) is 9.48 Å². The van der Waals surface area contributed by atoms with E-state index in [0.29, 0.717) is 21.1 Å². The van der Waals surface area contributed by atoms with Crippen molar-refractivity contribution in [3.05, 3.63) is 83.3 Å². The summed E-state index contributed by atoms with van der Waals surface area (Å²) in [6.45, 7) is -1.57. The number of aromatic nitrogens is 3. The molecule has 8 nitrogen and oxygen atoms in total. The Balaban J connectivity index is 1.46. The van der Waals surface area contributed by atoms with Crippen LogP contribution in [0.5, 0.6) is 0 Å². The number of benzene rings is 2. The molecule has 1 aliphatic rings. The highest BCUT2D eigenvalue weighted by molar-refractivity contribution is 7.91. The number of aliphatic hydroxyl groups excluding tert-OH is 1. The van der Waals surface area contributed by atoms with Crippen LogP contribution in [0.15, 0.2) is 65.7 Å². The van der Waals surface area contributed by atoms with Gasteiger partial charge in [-0.25, -0.2) is 8.42 Å². The second-order valence-electron chi connectivity index (χ2n) is 9.32. The second kappa shape index (κ2) is 10.2. The van der Waals surface area contributed by atoms with Crippen LogP contribution in [0.4, 0.5) is 13.2 Å². The van der Waals surface area contributed by atoms with E-state index in [9.17, 15) is 31.5 Å². The molecule has 0 radical (unpaired) electrons. The van der Waals surface area contributed by atoms with Gasteiger partial charge in [0.15, 0.2) is 9.84 Å². The third kappa shape index (κ3) is 5.44. The number of amides is 1. The number of halogens is 3. The number of aliphatic hydroxyl groups is 1. The van der Waals surface area contributed by atoms with E-state index in [1.54, 1.807) is 10.6 Å². The zero-order chi connectivity index (χ0) is 29.7. The van der Waals surface area contributed by atoms with Gasteiger partial charge in [0, 0.05) is 34.4 Å². The number of nitrogens with zero attached hydrogens (tertiary/aromatic N) is 3. The molecule has 2 aromatic heterocycles. The minimum Gasteiger partial charge on any atom is -0.394 e. The molecule has 4 aromatic rings. The molecule has 1 aliphatic carbocycles. The van der Waals surface area contributed by atoms with Gasteiger partial charge in [0.25, 0.3) is 5.91 Å². The number of hydrogen-bond donors (Lipinski definition) is 2. The highest BCUT2D eigenvalue weighted by atomic mass is 32.2. The van der Waals surface area contributed by atoms with Crippen LogP contribution >= 0.6 is 0 Å². The van der Waals surface area contributed by atoms with Crippen molar-refractivity contribution in [3.63, 3.8) is 0 Å². The molecule has 1 amide bonds. The molecule has 1 fully saturated rings. The lowest BCUT2D eigenvalue weighted by atomic mass is 10.1. The number of sulfone groups is 1. The summed E-state index contributed by atoms with van der Waals surface area (Å²) in [5.41, 5.74) is 0.0148. The van der Waals surface area contributed by atoms with Gasteiger partial charge in [-0.1, -0.05) is 19.1 Å². The summed E-state index contributed by atoms with van der Waals surface area (Å²) in [5, 5.41) is 16.7. The van der Waals surface area contributed by atoms with E-state index >= 15 is 0 Å². The maximum absolute atomic E-state index is 13.6. The Kier molecular flexibility index (Phi) is 6.36. The van der Waals surface area contributed by atoms with Crippen LogP contribution in [0, 0.1) is 0 Å². The van der Waals surface area contributed by atoms with Gasteiger partial charge < -0.3 is 15.0 Å². The number of rotatable bonds is 9. The summed E-state index contributed by atoms with van der Waals surface area (Å²) in [7, 11) is -3.41. The molecule has 1 saturated carbocycles. The molecule has 0 spiro atoms. The Bertz CT molecular complexity index is 1710. The lowest BCUT2D eigenvalue weighted by Gasteiger charge is -2.17. The Morgan fingerprint density at radius 1 is 1.18 bits per heavy atom. The van der Waals surface area contributed by atoms with Gasteiger partial charge in [0.05, 0.1) is 32.5 Å². The molecule has 0 aliphatic heterocycles. The first-order valence-electron chi connectivity index (χ1n) is 13.3. The van der Waals surface area contributed by atoms with Crippen molar-refractivity contribution in [1.29, 1.82) is 0 Å². The summed E-state index contributed by atoms with van der Waals surface area (Å²) >= 11 is 0. The van der Waals surface area contributed by atoms with E-state index in [2.05, 4.69) is 10.4 Å². The zero-order valence-electron chi connectivity index (χ0n) is 22.8. The van der Waals surface area contributed by atoms with E-state index in [1.165, 1.54) is 49.4 Å². The second-order valence-corrected chi connectivity index (χ2v) is 11.6. The lowest BCUT2D eigenvalue weighted by molar-refractivity contribution is -0.144. The number of fused-ring (bicyclic) bond motifs is 1. The lowest BCUT2D eigenvalue weighted by Crippen LogP contribution is -2.30. The molecular formula is C27H27F3N4O4S. The van der Waals surface area contributed by atoms with Crippen LogP contribution in [0.1, 0.15) is 61.9 Å². The van der Waals surface area contributed by atoms with E-state index in [0.717, 1.165) is 25.1 Å². The topological polar surface area (TPSA) is 106 Å². The third-order valence-corrected chi connectivity index (χ3v) is 8.43. The Morgan fingerprint density at radius 3 is 2.51 bits per heavy atom.